The highest BCUT2D eigenvalue weighted by molar-refractivity contribution is 9.10. The Labute approximate surface area is 76.4 Å². The molecule has 0 unspecified atom stereocenters. The molecule has 0 atom stereocenters. The smallest absolute Gasteiger partial charge is 0.128 e. The quantitative estimate of drug-likeness (QED) is 0.649. The fourth-order valence-corrected chi connectivity index (χ4v) is 2.59. The maximum Gasteiger partial charge on any atom is 0.128 e. The van der Waals surface area contributed by atoms with Crippen molar-refractivity contribution in [1.82, 2.24) is 9.97 Å². The van der Waals surface area contributed by atoms with Crippen LogP contribution in [0.25, 0.3) is 10.2 Å². The number of fused-ring (bicyclic) bond motifs is 1. The molecule has 0 N–H and O–H groups in total. The first-order valence-electron chi connectivity index (χ1n) is 3.13. The summed E-state index contributed by atoms with van der Waals surface area (Å²) < 4.78 is 0.890. The zero-order valence-electron chi connectivity index (χ0n) is 5.84. The van der Waals surface area contributed by atoms with E-state index in [-0.39, 0.29) is 0 Å². The van der Waals surface area contributed by atoms with Crippen molar-refractivity contribution in [3.8, 4) is 0 Å². The average Bonchev–Trinajstić information content (AvgIpc) is 2.34. The minimum absolute atomic E-state index is 0.890. The Bertz CT molecular complexity index is 396. The molecule has 11 heavy (non-hydrogen) atoms. The Morgan fingerprint density at radius 1 is 1.45 bits per heavy atom. The summed E-state index contributed by atoms with van der Waals surface area (Å²) in [5, 5.41) is 3.22. The molecule has 56 valence electrons. The fraction of sp³-hybridized carbons (Fsp3) is 0.143. The highest BCUT2D eigenvalue weighted by Crippen LogP contribution is 2.27. The molecule has 0 fully saturated rings. The predicted octanol–water partition coefficient (Wildman–Crippen LogP) is 2.76. The summed E-state index contributed by atoms with van der Waals surface area (Å²) in [6, 6.07) is 0. The first-order chi connectivity index (χ1) is 5.29. The number of rotatable bonds is 0. The van der Waals surface area contributed by atoms with Crippen molar-refractivity contribution in [2.24, 2.45) is 0 Å². The van der Waals surface area contributed by atoms with Crippen molar-refractivity contribution in [2.45, 2.75) is 6.92 Å². The SMILES string of the molecule is Cc1csc2ncnc(Br)c12. The summed E-state index contributed by atoms with van der Waals surface area (Å²) in [5.41, 5.74) is 1.23. The van der Waals surface area contributed by atoms with Crippen LogP contribution in [0.4, 0.5) is 0 Å². The lowest BCUT2D eigenvalue weighted by atomic mass is 10.3. The molecule has 2 heterocycles. The van der Waals surface area contributed by atoms with Crippen molar-refractivity contribution >= 4 is 37.5 Å². The monoisotopic (exact) mass is 228 g/mol. The van der Waals surface area contributed by atoms with Gasteiger partial charge in [-0.25, -0.2) is 9.97 Å². The standard InChI is InChI=1S/C7H5BrN2S/c1-4-2-11-7-5(4)6(8)9-3-10-7/h2-3H,1H3. The molecule has 2 aromatic heterocycles. The van der Waals surface area contributed by atoms with Gasteiger partial charge in [-0.15, -0.1) is 11.3 Å². The maximum absolute atomic E-state index is 4.14. The topological polar surface area (TPSA) is 25.8 Å². The van der Waals surface area contributed by atoms with Gasteiger partial charge >= 0.3 is 0 Å². The zero-order chi connectivity index (χ0) is 7.84. The third-order valence-electron chi connectivity index (χ3n) is 1.51. The van der Waals surface area contributed by atoms with E-state index in [2.05, 4.69) is 38.2 Å². The van der Waals surface area contributed by atoms with Gasteiger partial charge < -0.3 is 0 Å². The van der Waals surface area contributed by atoms with Crippen LogP contribution in [0.3, 0.4) is 0 Å². The summed E-state index contributed by atoms with van der Waals surface area (Å²) in [5.74, 6) is 0. The van der Waals surface area contributed by atoms with E-state index in [1.807, 2.05) is 0 Å². The summed E-state index contributed by atoms with van der Waals surface area (Å²) in [4.78, 5) is 9.24. The van der Waals surface area contributed by atoms with Gasteiger partial charge in [-0.1, -0.05) is 0 Å². The van der Waals surface area contributed by atoms with E-state index >= 15 is 0 Å². The van der Waals surface area contributed by atoms with Crippen LogP contribution in [0.2, 0.25) is 0 Å². The van der Waals surface area contributed by atoms with Crippen LogP contribution in [0.5, 0.6) is 0 Å². The molecule has 0 aromatic carbocycles. The van der Waals surface area contributed by atoms with Crippen LogP contribution in [0.15, 0.2) is 16.3 Å². The number of hydrogen-bond donors (Lipinski definition) is 0. The van der Waals surface area contributed by atoms with E-state index in [9.17, 15) is 0 Å². The molecule has 2 aromatic rings. The maximum atomic E-state index is 4.14. The Morgan fingerprint density at radius 2 is 2.27 bits per heavy atom. The lowest BCUT2D eigenvalue weighted by Crippen LogP contribution is -1.79. The van der Waals surface area contributed by atoms with Crippen molar-refractivity contribution in [3.05, 3.63) is 21.9 Å². The van der Waals surface area contributed by atoms with E-state index in [1.165, 1.54) is 5.56 Å². The number of halogens is 1. The van der Waals surface area contributed by atoms with Gasteiger partial charge in [-0.2, -0.15) is 0 Å². The third kappa shape index (κ3) is 1.06. The molecule has 0 aliphatic carbocycles. The first-order valence-corrected chi connectivity index (χ1v) is 4.80. The number of thiophene rings is 1. The van der Waals surface area contributed by atoms with E-state index in [4.69, 9.17) is 0 Å². The Morgan fingerprint density at radius 3 is 3.00 bits per heavy atom. The fourth-order valence-electron chi connectivity index (χ4n) is 0.973. The molecule has 0 aliphatic heterocycles. The summed E-state index contributed by atoms with van der Waals surface area (Å²) >= 11 is 5.03. The van der Waals surface area contributed by atoms with Crippen molar-refractivity contribution < 1.29 is 0 Å². The number of aromatic nitrogens is 2. The predicted molar refractivity (Wildman–Crippen MR) is 49.9 cm³/mol. The second kappa shape index (κ2) is 2.53. The highest BCUT2D eigenvalue weighted by atomic mass is 79.9. The molecule has 2 rings (SSSR count). The largest absolute Gasteiger partial charge is 0.229 e. The highest BCUT2D eigenvalue weighted by Gasteiger charge is 2.04. The Hall–Kier alpha value is -0.480. The third-order valence-corrected chi connectivity index (χ3v) is 3.11. The molecule has 0 amide bonds. The second-order valence-corrected chi connectivity index (χ2v) is 3.87. The van der Waals surface area contributed by atoms with Crippen LogP contribution in [-0.2, 0) is 0 Å². The van der Waals surface area contributed by atoms with Gasteiger partial charge in [0.2, 0.25) is 0 Å². The van der Waals surface area contributed by atoms with Crippen LogP contribution in [-0.4, -0.2) is 9.97 Å². The summed E-state index contributed by atoms with van der Waals surface area (Å²) in [6.07, 6.45) is 1.57. The Balaban J connectivity index is 2.96. The van der Waals surface area contributed by atoms with Crippen LogP contribution >= 0.6 is 27.3 Å². The van der Waals surface area contributed by atoms with Crippen molar-refractivity contribution in [3.63, 3.8) is 0 Å². The minimum Gasteiger partial charge on any atom is -0.229 e. The van der Waals surface area contributed by atoms with Gasteiger partial charge in [0.1, 0.15) is 15.8 Å². The molecule has 4 heteroatoms. The molecule has 0 radical (unpaired) electrons. The van der Waals surface area contributed by atoms with Gasteiger partial charge in [0.15, 0.2) is 0 Å². The van der Waals surface area contributed by atoms with Crippen LogP contribution in [0.1, 0.15) is 5.56 Å². The van der Waals surface area contributed by atoms with E-state index in [0.29, 0.717) is 0 Å². The van der Waals surface area contributed by atoms with Gasteiger partial charge in [-0.3, -0.25) is 0 Å². The molecular weight excluding hydrogens is 224 g/mol. The van der Waals surface area contributed by atoms with Gasteiger partial charge in [0.25, 0.3) is 0 Å². The molecule has 0 bridgehead atoms. The second-order valence-electron chi connectivity index (χ2n) is 2.26. The Kier molecular flexibility index (Phi) is 1.65. The normalized spacial score (nSPS) is 10.7. The molecular formula is C7H5BrN2S. The molecule has 0 saturated carbocycles. The number of nitrogens with zero attached hydrogens (tertiary/aromatic N) is 2. The van der Waals surface area contributed by atoms with Gasteiger partial charge in [0, 0.05) is 5.39 Å². The van der Waals surface area contributed by atoms with Crippen LogP contribution < -0.4 is 0 Å². The zero-order valence-corrected chi connectivity index (χ0v) is 8.24. The van der Waals surface area contributed by atoms with E-state index in [1.54, 1.807) is 17.7 Å². The van der Waals surface area contributed by atoms with Crippen molar-refractivity contribution in [2.75, 3.05) is 0 Å². The molecule has 0 saturated heterocycles. The lowest BCUT2D eigenvalue weighted by molar-refractivity contribution is 1.20. The molecule has 2 nitrogen and oxygen atoms in total. The van der Waals surface area contributed by atoms with E-state index < -0.39 is 0 Å². The minimum atomic E-state index is 0.890. The molecule has 0 aliphatic rings. The number of aryl methyl sites for hydroxylation is 1. The van der Waals surface area contributed by atoms with Crippen LogP contribution in [0, 0.1) is 6.92 Å². The van der Waals surface area contributed by atoms with Gasteiger partial charge in [0.05, 0.1) is 0 Å². The lowest BCUT2D eigenvalue weighted by Gasteiger charge is -1.91. The summed E-state index contributed by atoms with van der Waals surface area (Å²) in [7, 11) is 0. The first kappa shape index (κ1) is 7.18. The van der Waals surface area contributed by atoms with Crippen molar-refractivity contribution in [1.29, 1.82) is 0 Å². The van der Waals surface area contributed by atoms with Gasteiger partial charge in [-0.05, 0) is 33.8 Å². The van der Waals surface area contributed by atoms with E-state index in [0.717, 1.165) is 14.8 Å². The molecule has 0 spiro atoms. The number of hydrogen-bond acceptors (Lipinski definition) is 3. The average molecular weight is 229 g/mol. The summed E-state index contributed by atoms with van der Waals surface area (Å²) in [6.45, 7) is 2.06.